The molecule has 1 nitrogen and oxygen atoms in total. The molecule has 0 spiro atoms. The van der Waals surface area contributed by atoms with Gasteiger partial charge in [0.05, 0.1) is 0 Å². The lowest BCUT2D eigenvalue weighted by molar-refractivity contribution is 0.438. The predicted molar refractivity (Wildman–Crippen MR) is 78.8 cm³/mol. The molecule has 18 heavy (non-hydrogen) atoms. The Labute approximate surface area is 112 Å². The Bertz CT molecular complexity index is 350. The van der Waals surface area contributed by atoms with Crippen molar-refractivity contribution in [3.8, 4) is 0 Å². The number of rotatable bonds is 7. The summed E-state index contributed by atoms with van der Waals surface area (Å²) in [6.07, 6.45) is 6.67. The van der Waals surface area contributed by atoms with Gasteiger partial charge in [0.25, 0.3) is 0 Å². The number of aryl methyl sites for hydroxylation is 1. The Morgan fingerprint density at radius 2 is 1.83 bits per heavy atom. The molecule has 2 unspecified atom stereocenters. The van der Waals surface area contributed by atoms with E-state index in [1.54, 1.807) is 0 Å². The van der Waals surface area contributed by atoms with Crippen LogP contribution in [0.4, 0.5) is 0 Å². The first kappa shape index (κ1) is 13.6. The van der Waals surface area contributed by atoms with Crippen molar-refractivity contribution in [3.05, 3.63) is 35.4 Å². The Kier molecular flexibility index (Phi) is 4.82. The Balaban J connectivity index is 1.84. The van der Waals surface area contributed by atoms with Crippen molar-refractivity contribution in [1.82, 2.24) is 5.32 Å². The molecule has 1 fully saturated rings. The number of hydrogen-bond donors (Lipinski definition) is 1. The maximum Gasteiger partial charge on any atom is 0.0294 e. The molecule has 1 heteroatoms. The molecule has 0 amide bonds. The van der Waals surface area contributed by atoms with Crippen LogP contribution in [0.15, 0.2) is 24.3 Å². The average molecular weight is 245 g/mol. The van der Waals surface area contributed by atoms with Crippen molar-refractivity contribution in [2.45, 2.75) is 65.0 Å². The third-order valence-electron chi connectivity index (χ3n) is 3.94. The second kappa shape index (κ2) is 6.38. The summed E-state index contributed by atoms with van der Waals surface area (Å²) < 4.78 is 0. The molecule has 2 atom stereocenters. The summed E-state index contributed by atoms with van der Waals surface area (Å²) in [7, 11) is 0. The van der Waals surface area contributed by atoms with Crippen molar-refractivity contribution in [2.75, 3.05) is 0 Å². The second-order valence-electron chi connectivity index (χ2n) is 5.96. The molecule has 0 radical (unpaired) electrons. The highest BCUT2D eigenvalue weighted by Crippen LogP contribution is 2.33. The summed E-state index contributed by atoms with van der Waals surface area (Å²) in [5.41, 5.74) is 2.87. The van der Waals surface area contributed by atoms with Crippen LogP contribution in [0.3, 0.4) is 0 Å². The highest BCUT2D eigenvalue weighted by Gasteiger charge is 2.24. The first-order valence-electron chi connectivity index (χ1n) is 7.54. The third-order valence-corrected chi connectivity index (χ3v) is 3.94. The van der Waals surface area contributed by atoms with Gasteiger partial charge in [0.15, 0.2) is 0 Å². The SMILES string of the molecule is CCCc1ccc(C(C)NC(C)CC2CC2)cc1. The molecular formula is C17H27N. The monoisotopic (exact) mass is 245 g/mol. The van der Waals surface area contributed by atoms with E-state index in [1.807, 2.05) is 0 Å². The molecule has 1 saturated carbocycles. The van der Waals surface area contributed by atoms with Crippen LogP contribution >= 0.6 is 0 Å². The zero-order valence-corrected chi connectivity index (χ0v) is 12.1. The maximum atomic E-state index is 3.72. The average Bonchev–Trinajstić information content (AvgIpc) is 3.14. The van der Waals surface area contributed by atoms with Crippen LogP contribution in [0, 0.1) is 5.92 Å². The fourth-order valence-electron chi connectivity index (χ4n) is 2.71. The summed E-state index contributed by atoms with van der Waals surface area (Å²) >= 11 is 0. The summed E-state index contributed by atoms with van der Waals surface area (Å²) in [6, 6.07) is 10.2. The number of nitrogens with one attached hydrogen (secondary N) is 1. The normalized spacial score (nSPS) is 18.6. The van der Waals surface area contributed by atoms with Crippen molar-refractivity contribution in [3.63, 3.8) is 0 Å². The van der Waals surface area contributed by atoms with E-state index in [2.05, 4.69) is 50.4 Å². The van der Waals surface area contributed by atoms with Crippen LogP contribution in [0.2, 0.25) is 0 Å². The lowest BCUT2D eigenvalue weighted by Crippen LogP contribution is -2.29. The van der Waals surface area contributed by atoms with E-state index >= 15 is 0 Å². The lowest BCUT2D eigenvalue weighted by atomic mass is 10.0. The molecule has 0 heterocycles. The summed E-state index contributed by atoms with van der Waals surface area (Å²) in [4.78, 5) is 0. The quantitative estimate of drug-likeness (QED) is 0.747. The van der Waals surface area contributed by atoms with Gasteiger partial charge in [-0.15, -0.1) is 0 Å². The molecule has 1 N–H and O–H groups in total. The maximum absolute atomic E-state index is 3.72. The van der Waals surface area contributed by atoms with E-state index in [0.717, 1.165) is 5.92 Å². The van der Waals surface area contributed by atoms with E-state index < -0.39 is 0 Å². The van der Waals surface area contributed by atoms with Crippen molar-refractivity contribution < 1.29 is 0 Å². The predicted octanol–water partition coefficient (Wildman–Crippen LogP) is 4.48. The van der Waals surface area contributed by atoms with Crippen LogP contribution in [0.1, 0.15) is 63.6 Å². The minimum Gasteiger partial charge on any atom is -0.308 e. The van der Waals surface area contributed by atoms with Crippen molar-refractivity contribution >= 4 is 0 Å². The highest BCUT2D eigenvalue weighted by molar-refractivity contribution is 5.24. The van der Waals surface area contributed by atoms with E-state index in [0.29, 0.717) is 12.1 Å². The van der Waals surface area contributed by atoms with Gasteiger partial charge in [0.1, 0.15) is 0 Å². The fraction of sp³-hybridized carbons (Fsp3) is 0.647. The molecule has 1 aliphatic carbocycles. The number of benzene rings is 1. The summed E-state index contributed by atoms with van der Waals surface area (Å²) in [6.45, 7) is 6.83. The van der Waals surface area contributed by atoms with Gasteiger partial charge in [0, 0.05) is 12.1 Å². The van der Waals surface area contributed by atoms with Gasteiger partial charge in [-0.1, -0.05) is 50.5 Å². The van der Waals surface area contributed by atoms with Crippen LogP contribution in [-0.4, -0.2) is 6.04 Å². The minimum atomic E-state index is 0.467. The fourth-order valence-corrected chi connectivity index (χ4v) is 2.71. The molecule has 1 aromatic rings. The van der Waals surface area contributed by atoms with E-state index in [4.69, 9.17) is 0 Å². The van der Waals surface area contributed by atoms with E-state index in [1.165, 1.54) is 43.2 Å². The summed E-state index contributed by atoms with van der Waals surface area (Å²) in [5.74, 6) is 1.01. The largest absolute Gasteiger partial charge is 0.308 e. The van der Waals surface area contributed by atoms with Gasteiger partial charge in [-0.3, -0.25) is 0 Å². The van der Waals surface area contributed by atoms with E-state index in [9.17, 15) is 0 Å². The lowest BCUT2D eigenvalue weighted by Gasteiger charge is -2.20. The Morgan fingerprint density at radius 1 is 1.17 bits per heavy atom. The van der Waals surface area contributed by atoms with Gasteiger partial charge in [-0.25, -0.2) is 0 Å². The smallest absolute Gasteiger partial charge is 0.0294 e. The van der Waals surface area contributed by atoms with Gasteiger partial charge in [0.2, 0.25) is 0 Å². The van der Waals surface area contributed by atoms with Crippen LogP contribution < -0.4 is 5.32 Å². The van der Waals surface area contributed by atoms with Gasteiger partial charge in [-0.2, -0.15) is 0 Å². The van der Waals surface area contributed by atoms with Crippen molar-refractivity contribution in [1.29, 1.82) is 0 Å². The first-order chi connectivity index (χ1) is 8.69. The van der Waals surface area contributed by atoms with Gasteiger partial charge < -0.3 is 5.32 Å². The van der Waals surface area contributed by atoms with Gasteiger partial charge >= 0.3 is 0 Å². The molecule has 0 aromatic heterocycles. The van der Waals surface area contributed by atoms with E-state index in [-0.39, 0.29) is 0 Å². The molecule has 0 saturated heterocycles. The Hall–Kier alpha value is -0.820. The molecule has 100 valence electrons. The zero-order chi connectivity index (χ0) is 13.0. The molecule has 1 aliphatic rings. The molecule has 0 bridgehead atoms. The van der Waals surface area contributed by atoms with Gasteiger partial charge in [-0.05, 0) is 43.7 Å². The van der Waals surface area contributed by atoms with Crippen LogP contribution in [0.5, 0.6) is 0 Å². The zero-order valence-electron chi connectivity index (χ0n) is 12.1. The standard InChI is InChI=1S/C17H27N/c1-4-5-15-8-10-17(11-9-15)14(3)18-13(2)12-16-6-7-16/h8-11,13-14,16,18H,4-7,12H2,1-3H3. The summed E-state index contributed by atoms with van der Waals surface area (Å²) in [5, 5.41) is 3.72. The molecule has 2 rings (SSSR count). The topological polar surface area (TPSA) is 12.0 Å². The highest BCUT2D eigenvalue weighted by atomic mass is 14.9. The van der Waals surface area contributed by atoms with Crippen molar-refractivity contribution in [2.24, 2.45) is 5.92 Å². The molecule has 1 aromatic carbocycles. The molecule has 0 aliphatic heterocycles. The number of hydrogen-bond acceptors (Lipinski definition) is 1. The van der Waals surface area contributed by atoms with Crippen LogP contribution in [-0.2, 0) is 6.42 Å². The minimum absolute atomic E-state index is 0.467. The van der Waals surface area contributed by atoms with Crippen LogP contribution in [0.25, 0.3) is 0 Å². The Morgan fingerprint density at radius 3 is 2.39 bits per heavy atom. The second-order valence-corrected chi connectivity index (χ2v) is 5.96. The first-order valence-corrected chi connectivity index (χ1v) is 7.54. The molecular weight excluding hydrogens is 218 g/mol. The third kappa shape index (κ3) is 4.13.